The van der Waals surface area contributed by atoms with E-state index in [9.17, 15) is 0 Å². The highest BCUT2D eigenvalue weighted by Crippen LogP contribution is 2.25. The Labute approximate surface area is 61.4 Å². The van der Waals surface area contributed by atoms with Crippen molar-refractivity contribution in [2.24, 2.45) is 0 Å². The number of halogens is 1. The fourth-order valence-corrected chi connectivity index (χ4v) is 0.835. The molecule has 2 aliphatic rings. The second-order valence-corrected chi connectivity index (χ2v) is 2.62. The third-order valence-corrected chi connectivity index (χ3v) is 1.65. The molecule has 0 bridgehead atoms. The first kappa shape index (κ1) is 7.32. The molecule has 9 heavy (non-hydrogen) atoms. The lowest BCUT2D eigenvalue weighted by atomic mass is 10.2. The molecule has 0 aromatic carbocycles. The van der Waals surface area contributed by atoms with Gasteiger partial charge in [-0.3, -0.25) is 0 Å². The zero-order chi connectivity index (χ0) is 5.40. The zero-order valence-electron chi connectivity index (χ0n) is 5.30. The van der Waals surface area contributed by atoms with Crippen LogP contribution in [0.4, 0.5) is 0 Å². The molecular formula is C6H12ClNO. The summed E-state index contributed by atoms with van der Waals surface area (Å²) in [5.74, 6) is 0. The molecule has 0 amide bonds. The van der Waals surface area contributed by atoms with E-state index < -0.39 is 0 Å². The van der Waals surface area contributed by atoms with Crippen molar-refractivity contribution in [3.63, 3.8) is 0 Å². The van der Waals surface area contributed by atoms with Gasteiger partial charge in [0, 0.05) is 13.1 Å². The van der Waals surface area contributed by atoms with Gasteiger partial charge in [-0.1, -0.05) is 0 Å². The lowest BCUT2D eigenvalue weighted by Crippen LogP contribution is -2.48. The number of nitrogens with one attached hydrogen (secondary N) is 1. The maximum atomic E-state index is 5.53. The van der Waals surface area contributed by atoms with E-state index in [1.54, 1.807) is 0 Å². The van der Waals surface area contributed by atoms with Crippen LogP contribution < -0.4 is 5.32 Å². The van der Waals surface area contributed by atoms with Crippen LogP contribution in [0.2, 0.25) is 0 Å². The predicted molar refractivity (Wildman–Crippen MR) is 38.0 cm³/mol. The molecule has 0 atom stereocenters. The van der Waals surface area contributed by atoms with Crippen molar-refractivity contribution >= 4 is 12.4 Å². The monoisotopic (exact) mass is 149 g/mol. The Kier molecular flexibility index (Phi) is 2.33. The molecule has 3 heteroatoms. The van der Waals surface area contributed by atoms with Crippen molar-refractivity contribution in [2.45, 2.75) is 25.0 Å². The molecule has 1 saturated heterocycles. The molecule has 1 heterocycles. The molecule has 1 aliphatic heterocycles. The predicted octanol–water partition coefficient (Wildman–Crippen LogP) is 0.559. The highest BCUT2D eigenvalue weighted by Gasteiger charge is 2.28. The van der Waals surface area contributed by atoms with Crippen LogP contribution in [0, 0.1) is 0 Å². The largest absolute Gasteiger partial charge is 0.372 e. The summed E-state index contributed by atoms with van der Waals surface area (Å²) in [7, 11) is 0. The van der Waals surface area contributed by atoms with Crippen molar-refractivity contribution in [3.05, 3.63) is 0 Å². The summed E-state index contributed by atoms with van der Waals surface area (Å²) < 4.78 is 5.53. The van der Waals surface area contributed by atoms with E-state index >= 15 is 0 Å². The smallest absolute Gasteiger partial charge is 0.0827 e. The van der Waals surface area contributed by atoms with E-state index in [-0.39, 0.29) is 12.4 Å². The minimum Gasteiger partial charge on any atom is -0.372 e. The van der Waals surface area contributed by atoms with Gasteiger partial charge in [-0.2, -0.15) is 0 Å². The van der Waals surface area contributed by atoms with E-state index in [0.29, 0.717) is 12.2 Å². The van der Waals surface area contributed by atoms with E-state index in [0.717, 1.165) is 13.1 Å². The summed E-state index contributed by atoms with van der Waals surface area (Å²) in [5, 5.41) is 3.17. The topological polar surface area (TPSA) is 21.3 Å². The van der Waals surface area contributed by atoms with Gasteiger partial charge in [-0.05, 0) is 12.8 Å². The van der Waals surface area contributed by atoms with Gasteiger partial charge >= 0.3 is 0 Å². The van der Waals surface area contributed by atoms with Crippen LogP contribution >= 0.6 is 12.4 Å². The standard InChI is InChI=1S/C6H11NO.ClH/c1-2-5(1)8-6-3-7-4-6;/h5-7H,1-4H2;1H. The molecule has 1 aliphatic carbocycles. The average Bonchev–Trinajstić information content (AvgIpc) is 2.36. The number of ether oxygens (including phenoxy) is 1. The SMILES string of the molecule is C1CC1OC1CNC1.Cl. The van der Waals surface area contributed by atoms with Crippen molar-refractivity contribution in [2.75, 3.05) is 13.1 Å². The first-order valence-corrected chi connectivity index (χ1v) is 3.31. The Bertz CT molecular complexity index is 91.1. The third kappa shape index (κ3) is 1.81. The molecule has 0 aromatic heterocycles. The summed E-state index contributed by atoms with van der Waals surface area (Å²) in [4.78, 5) is 0. The summed E-state index contributed by atoms with van der Waals surface area (Å²) in [6.07, 6.45) is 3.80. The molecule has 0 radical (unpaired) electrons. The van der Waals surface area contributed by atoms with Gasteiger partial charge in [0.25, 0.3) is 0 Å². The molecule has 0 spiro atoms. The maximum Gasteiger partial charge on any atom is 0.0827 e. The number of rotatable bonds is 2. The third-order valence-electron chi connectivity index (χ3n) is 1.65. The van der Waals surface area contributed by atoms with Crippen molar-refractivity contribution in [1.82, 2.24) is 5.32 Å². The fraction of sp³-hybridized carbons (Fsp3) is 1.00. The van der Waals surface area contributed by atoms with Gasteiger partial charge in [0.2, 0.25) is 0 Å². The molecule has 0 aromatic rings. The first-order chi connectivity index (χ1) is 3.95. The van der Waals surface area contributed by atoms with Crippen LogP contribution in [0.3, 0.4) is 0 Å². The Morgan fingerprint density at radius 2 is 1.78 bits per heavy atom. The minimum absolute atomic E-state index is 0. The summed E-state index contributed by atoms with van der Waals surface area (Å²) in [6, 6.07) is 0. The number of hydrogen-bond acceptors (Lipinski definition) is 2. The summed E-state index contributed by atoms with van der Waals surface area (Å²) in [5.41, 5.74) is 0. The summed E-state index contributed by atoms with van der Waals surface area (Å²) >= 11 is 0. The molecule has 2 rings (SSSR count). The Morgan fingerprint density at radius 1 is 1.11 bits per heavy atom. The lowest BCUT2D eigenvalue weighted by molar-refractivity contribution is 0.00727. The van der Waals surface area contributed by atoms with Crippen molar-refractivity contribution in [3.8, 4) is 0 Å². The second-order valence-electron chi connectivity index (χ2n) is 2.62. The van der Waals surface area contributed by atoms with E-state index in [1.807, 2.05) is 0 Å². The van der Waals surface area contributed by atoms with Crippen molar-refractivity contribution in [1.29, 1.82) is 0 Å². The van der Waals surface area contributed by atoms with E-state index in [4.69, 9.17) is 4.74 Å². The molecule has 54 valence electrons. The van der Waals surface area contributed by atoms with E-state index in [1.165, 1.54) is 12.8 Å². The summed E-state index contributed by atoms with van der Waals surface area (Å²) in [6.45, 7) is 2.16. The molecule has 0 unspecified atom stereocenters. The zero-order valence-corrected chi connectivity index (χ0v) is 6.12. The Morgan fingerprint density at radius 3 is 2.11 bits per heavy atom. The van der Waals surface area contributed by atoms with Gasteiger partial charge in [0.15, 0.2) is 0 Å². The van der Waals surface area contributed by atoms with Gasteiger partial charge in [0.05, 0.1) is 12.2 Å². The van der Waals surface area contributed by atoms with Crippen molar-refractivity contribution < 1.29 is 4.74 Å². The average molecular weight is 150 g/mol. The second kappa shape index (κ2) is 2.86. The Balaban J connectivity index is 0.000000405. The van der Waals surface area contributed by atoms with Gasteiger partial charge < -0.3 is 10.1 Å². The lowest BCUT2D eigenvalue weighted by Gasteiger charge is -2.26. The first-order valence-electron chi connectivity index (χ1n) is 3.31. The van der Waals surface area contributed by atoms with Crippen LogP contribution in [0.1, 0.15) is 12.8 Å². The fourth-order valence-electron chi connectivity index (χ4n) is 0.835. The highest BCUT2D eigenvalue weighted by molar-refractivity contribution is 5.85. The molecule has 2 fully saturated rings. The van der Waals surface area contributed by atoms with Crippen LogP contribution in [0.5, 0.6) is 0 Å². The van der Waals surface area contributed by atoms with Crippen LogP contribution in [-0.2, 0) is 4.74 Å². The van der Waals surface area contributed by atoms with E-state index in [2.05, 4.69) is 5.32 Å². The minimum atomic E-state index is 0. The highest BCUT2D eigenvalue weighted by atomic mass is 35.5. The van der Waals surface area contributed by atoms with Gasteiger partial charge in [-0.25, -0.2) is 0 Å². The normalized spacial score (nSPS) is 26.7. The quantitative estimate of drug-likeness (QED) is 0.620. The molecule has 1 saturated carbocycles. The molecule has 2 nitrogen and oxygen atoms in total. The number of hydrogen-bond donors (Lipinski definition) is 1. The molecular weight excluding hydrogens is 138 g/mol. The maximum absolute atomic E-state index is 5.53. The van der Waals surface area contributed by atoms with Crippen LogP contribution in [-0.4, -0.2) is 25.3 Å². The van der Waals surface area contributed by atoms with Crippen LogP contribution in [0.25, 0.3) is 0 Å². The Hall–Kier alpha value is 0.210. The van der Waals surface area contributed by atoms with Crippen LogP contribution in [0.15, 0.2) is 0 Å². The molecule has 1 N–H and O–H groups in total. The van der Waals surface area contributed by atoms with Gasteiger partial charge in [0.1, 0.15) is 0 Å². The van der Waals surface area contributed by atoms with Gasteiger partial charge in [-0.15, -0.1) is 12.4 Å².